The average Bonchev–Trinajstić information content (AvgIpc) is 3.37. The molecular formula is C20H17N5OS. The molecule has 3 aromatic heterocycles. The predicted molar refractivity (Wildman–Crippen MR) is 106 cm³/mol. The maximum Gasteiger partial charge on any atom is 0.298 e. The van der Waals surface area contributed by atoms with Crippen LogP contribution < -0.4 is 10.2 Å². The number of thiazole rings is 1. The molecule has 0 aliphatic carbocycles. The Hall–Kier alpha value is -2.77. The Balaban J connectivity index is 1.51. The Kier molecular flexibility index (Phi) is 3.33. The average molecular weight is 375 g/mol. The van der Waals surface area contributed by atoms with E-state index in [1.807, 2.05) is 23.8 Å². The van der Waals surface area contributed by atoms with Gasteiger partial charge in [-0.1, -0.05) is 6.07 Å². The number of benzene rings is 1. The summed E-state index contributed by atoms with van der Waals surface area (Å²) in [4.78, 5) is 15.8. The van der Waals surface area contributed by atoms with Crippen LogP contribution in [0.25, 0.3) is 32.8 Å². The second kappa shape index (κ2) is 5.87. The summed E-state index contributed by atoms with van der Waals surface area (Å²) in [5.74, 6) is 0. The smallest absolute Gasteiger partial charge is 0.298 e. The summed E-state index contributed by atoms with van der Waals surface area (Å²) in [6, 6.07) is 10.0. The number of pyridine rings is 1. The summed E-state index contributed by atoms with van der Waals surface area (Å²) >= 11 is 1.61. The lowest BCUT2D eigenvalue weighted by molar-refractivity contribution is 0.220. The van der Waals surface area contributed by atoms with Crippen LogP contribution in [0.5, 0.6) is 0 Å². The quantitative estimate of drug-likeness (QED) is 0.591. The van der Waals surface area contributed by atoms with Gasteiger partial charge in [-0.2, -0.15) is 4.98 Å². The van der Waals surface area contributed by atoms with Crippen LogP contribution in [0.2, 0.25) is 0 Å². The van der Waals surface area contributed by atoms with E-state index in [1.165, 1.54) is 6.42 Å². The fraction of sp³-hybridized carbons (Fsp3) is 0.250. The third kappa shape index (κ3) is 2.54. The molecule has 2 bridgehead atoms. The van der Waals surface area contributed by atoms with Gasteiger partial charge in [-0.05, 0) is 30.2 Å². The Bertz CT molecular complexity index is 1090. The minimum atomic E-state index is 0.558. The van der Waals surface area contributed by atoms with Gasteiger partial charge >= 0.3 is 0 Å². The van der Waals surface area contributed by atoms with Crippen molar-refractivity contribution in [3.63, 3.8) is 0 Å². The molecule has 1 aromatic carbocycles. The molecule has 134 valence electrons. The van der Waals surface area contributed by atoms with Crippen LogP contribution in [0.15, 0.2) is 52.7 Å². The van der Waals surface area contributed by atoms with Gasteiger partial charge < -0.3 is 14.6 Å². The summed E-state index contributed by atoms with van der Waals surface area (Å²) < 4.78 is 6.26. The molecule has 0 amide bonds. The van der Waals surface area contributed by atoms with Crippen LogP contribution in [-0.2, 0) is 0 Å². The number of fused-ring (bicyclic) bond motifs is 3. The van der Waals surface area contributed by atoms with Gasteiger partial charge in [0.2, 0.25) is 0 Å². The van der Waals surface area contributed by atoms with Crippen LogP contribution in [0.3, 0.4) is 0 Å². The lowest BCUT2D eigenvalue weighted by Gasteiger charge is -2.47. The Labute approximate surface area is 159 Å². The first-order chi connectivity index (χ1) is 13.3. The Morgan fingerprint density at radius 1 is 1.15 bits per heavy atom. The van der Waals surface area contributed by atoms with Crippen LogP contribution in [0.1, 0.15) is 6.42 Å². The summed E-state index contributed by atoms with van der Waals surface area (Å²) in [6.45, 7) is 1.90. The number of oxazole rings is 1. The molecule has 27 heavy (non-hydrogen) atoms. The fourth-order valence-electron chi connectivity index (χ4n) is 4.04. The number of hydrogen-bond donors (Lipinski definition) is 1. The number of piperazine rings is 1. The number of rotatable bonds is 3. The largest absolute Gasteiger partial charge is 0.423 e. The monoisotopic (exact) mass is 375 g/mol. The first-order valence-electron chi connectivity index (χ1n) is 9.09. The van der Waals surface area contributed by atoms with Crippen molar-refractivity contribution in [1.29, 1.82) is 0 Å². The van der Waals surface area contributed by atoms with Gasteiger partial charge in [0.25, 0.3) is 6.01 Å². The molecule has 0 saturated carbocycles. The van der Waals surface area contributed by atoms with E-state index >= 15 is 0 Å². The van der Waals surface area contributed by atoms with E-state index in [9.17, 15) is 0 Å². The van der Waals surface area contributed by atoms with Crippen LogP contribution in [-0.4, -0.2) is 40.1 Å². The third-order valence-electron chi connectivity index (χ3n) is 5.33. The number of piperidine rings is 1. The van der Waals surface area contributed by atoms with Gasteiger partial charge in [0, 0.05) is 54.7 Å². The number of nitrogens with one attached hydrogen (secondary N) is 1. The zero-order chi connectivity index (χ0) is 17.8. The molecule has 7 rings (SSSR count). The van der Waals surface area contributed by atoms with Gasteiger partial charge in [0.1, 0.15) is 10.5 Å². The zero-order valence-electron chi connectivity index (χ0n) is 14.5. The molecule has 3 aliphatic rings. The Morgan fingerprint density at radius 2 is 2.04 bits per heavy atom. The molecule has 3 aliphatic heterocycles. The molecule has 7 heteroatoms. The number of hydrogen-bond acceptors (Lipinski definition) is 7. The number of aromatic nitrogens is 3. The van der Waals surface area contributed by atoms with Crippen LogP contribution >= 0.6 is 11.3 Å². The van der Waals surface area contributed by atoms with Gasteiger partial charge in [0.05, 0.1) is 5.56 Å². The highest BCUT2D eigenvalue weighted by molar-refractivity contribution is 7.13. The van der Waals surface area contributed by atoms with Crippen LogP contribution in [0, 0.1) is 0 Å². The minimum absolute atomic E-state index is 0.558. The third-order valence-corrected chi connectivity index (χ3v) is 6.14. The highest BCUT2D eigenvalue weighted by Gasteiger charge is 2.38. The van der Waals surface area contributed by atoms with E-state index < -0.39 is 0 Å². The van der Waals surface area contributed by atoms with Crippen molar-refractivity contribution in [3.05, 3.63) is 48.2 Å². The van der Waals surface area contributed by atoms with Crippen molar-refractivity contribution in [2.45, 2.75) is 18.5 Å². The van der Waals surface area contributed by atoms with Crippen molar-refractivity contribution in [2.24, 2.45) is 0 Å². The molecule has 2 unspecified atom stereocenters. The summed E-state index contributed by atoms with van der Waals surface area (Å²) in [6.07, 6.45) is 6.74. The van der Waals surface area contributed by atoms with E-state index in [4.69, 9.17) is 9.40 Å². The topological polar surface area (TPSA) is 67.1 Å². The fourth-order valence-corrected chi connectivity index (χ4v) is 4.69. The van der Waals surface area contributed by atoms with E-state index in [1.54, 1.807) is 17.5 Å². The van der Waals surface area contributed by atoms with Crippen molar-refractivity contribution in [3.8, 4) is 21.7 Å². The molecule has 1 N–H and O–H groups in total. The minimum Gasteiger partial charge on any atom is -0.423 e. The summed E-state index contributed by atoms with van der Waals surface area (Å²) in [7, 11) is 0. The molecule has 3 saturated heterocycles. The maximum atomic E-state index is 6.26. The van der Waals surface area contributed by atoms with Gasteiger partial charge in [-0.25, -0.2) is 4.98 Å². The standard InChI is InChI=1S/C20H17N5OS/c1-2-12(9-21-3-1)13-6-16(19-22-4-5-27-19)18-17(7-13)24-20(26-18)25-10-14-8-15(11-25)23-14/h1-7,9,14-15,23H,8,10-11H2. The second-order valence-electron chi connectivity index (χ2n) is 7.15. The van der Waals surface area contributed by atoms with Gasteiger partial charge in [-0.3, -0.25) is 4.98 Å². The second-order valence-corrected chi connectivity index (χ2v) is 8.04. The molecule has 3 fully saturated rings. The van der Waals surface area contributed by atoms with E-state index in [0.29, 0.717) is 18.1 Å². The molecule has 6 heterocycles. The molecule has 0 spiro atoms. The SMILES string of the molecule is c1cncc(-c2cc(-c3nccs3)c3oc(N4CC5CC(C4)N5)nc3c2)c1. The summed E-state index contributed by atoms with van der Waals surface area (Å²) in [5.41, 5.74) is 4.79. The maximum absolute atomic E-state index is 6.26. The lowest BCUT2D eigenvalue weighted by atomic mass is 9.92. The predicted octanol–water partition coefficient (Wildman–Crippen LogP) is 3.56. The molecule has 2 atom stereocenters. The molecule has 0 radical (unpaired) electrons. The van der Waals surface area contributed by atoms with Crippen LogP contribution in [0.4, 0.5) is 6.01 Å². The normalized spacial score (nSPS) is 21.4. The number of nitrogens with zero attached hydrogens (tertiary/aromatic N) is 4. The molecule has 4 aromatic rings. The van der Waals surface area contributed by atoms with Gasteiger partial charge in [0.15, 0.2) is 5.58 Å². The highest BCUT2D eigenvalue weighted by Crippen LogP contribution is 2.37. The molecule has 6 nitrogen and oxygen atoms in total. The van der Waals surface area contributed by atoms with Gasteiger partial charge in [-0.15, -0.1) is 11.3 Å². The number of anilines is 1. The van der Waals surface area contributed by atoms with Crippen molar-refractivity contribution in [2.75, 3.05) is 18.0 Å². The highest BCUT2D eigenvalue weighted by atomic mass is 32.1. The van der Waals surface area contributed by atoms with Crippen molar-refractivity contribution < 1.29 is 4.42 Å². The summed E-state index contributed by atoms with van der Waals surface area (Å²) in [5, 5.41) is 6.48. The lowest BCUT2D eigenvalue weighted by Crippen LogP contribution is -2.67. The first-order valence-corrected chi connectivity index (χ1v) is 9.97. The first kappa shape index (κ1) is 15.3. The van der Waals surface area contributed by atoms with E-state index in [0.717, 1.165) is 45.9 Å². The van der Waals surface area contributed by atoms with Crippen molar-refractivity contribution >= 4 is 28.5 Å². The van der Waals surface area contributed by atoms with E-state index in [-0.39, 0.29) is 0 Å². The zero-order valence-corrected chi connectivity index (χ0v) is 15.3. The molecular weight excluding hydrogens is 358 g/mol. The van der Waals surface area contributed by atoms with E-state index in [2.05, 4.69) is 38.4 Å². The Morgan fingerprint density at radius 3 is 2.78 bits per heavy atom. The van der Waals surface area contributed by atoms with Crippen molar-refractivity contribution in [1.82, 2.24) is 20.3 Å².